The summed E-state index contributed by atoms with van der Waals surface area (Å²) in [5.41, 5.74) is 1.22. The highest BCUT2D eigenvalue weighted by molar-refractivity contribution is 5.79. The van der Waals surface area contributed by atoms with Gasteiger partial charge in [-0.05, 0) is 25.8 Å². The fraction of sp³-hybridized carbons (Fsp3) is 0.562. The molecule has 0 saturated carbocycles. The van der Waals surface area contributed by atoms with Crippen molar-refractivity contribution >= 4 is 5.91 Å². The Morgan fingerprint density at radius 2 is 1.84 bits per heavy atom. The maximum absolute atomic E-state index is 12.5. The van der Waals surface area contributed by atoms with Crippen molar-refractivity contribution in [1.82, 2.24) is 4.90 Å². The van der Waals surface area contributed by atoms with Crippen LogP contribution in [0.2, 0.25) is 0 Å². The molecule has 1 aliphatic rings. The normalized spacial score (nSPS) is 25.1. The first-order valence-corrected chi connectivity index (χ1v) is 7.04. The maximum atomic E-state index is 12.5. The Bertz CT molecular complexity index is 408. The van der Waals surface area contributed by atoms with Crippen LogP contribution in [0.4, 0.5) is 0 Å². The molecule has 0 aliphatic carbocycles. The van der Waals surface area contributed by atoms with Crippen molar-refractivity contribution in [2.45, 2.75) is 39.4 Å². The Labute approximate surface area is 115 Å². The van der Waals surface area contributed by atoms with Crippen LogP contribution in [0.3, 0.4) is 0 Å². The van der Waals surface area contributed by atoms with Gasteiger partial charge >= 0.3 is 0 Å². The molecule has 1 amide bonds. The van der Waals surface area contributed by atoms with Crippen molar-refractivity contribution < 1.29 is 9.53 Å². The zero-order valence-electron chi connectivity index (χ0n) is 12.0. The van der Waals surface area contributed by atoms with Crippen LogP contribution in [0.1, 0.15) is 26.3 Å². The Morgan fingerprint density at radius 1 is 1.26 bits per heavy atom. The molecule has 3 heteroatoms. The third-order valence-corrected chi connectivity index (χ3v) is 3.54. The number of benzene rings is 1. The van der Waals surface area contributed by atoms with Gasteiger partial charge in [-0.2, -0.15) is 0 Å². The molecule has 0 aromatic heterocycles. The smallest absolute Gasteiger partial charge is 0.225 e. The van der Waals surface area contributed by atoms with E-state index in [2.05, 4.69) is 12.1 Å². The van der Waals surface area contributed by atoms with E-state index < -0.39 is 0 Å². The molecule has 0 bridgehead atoms. The number of hydrogen-bond donors (Lipinski definition) is 0. The molecule has 1 heterocycles. The molecule has 1 aliphatic heterocycles. The summed E-state index contributed by atoms with van der Waals surface area (Å²) in [4.78, 5) is 14.4. The van der Waals surface area contributed by atoms with Crippen LogP contribution >= 0.6 is 0 Å². The number of hydrogen-bond acceptors (Lipinski definition) is 2. The fourth-order valence-corrected chi connectivity index (χ4v) is 2.72. The Balaban J connectivity index is 1.95. The quantitative estimate of drug-likeness (QED) is 0.836. The summed E-state index contributed by atoms with van der Waals surface area (Å²) in [6.07, 6.45) is 1.08. The number of morpholine rings is 1. The topological polar surface area (TPSA) is 29.5 Å². The van der Waals surface area contributed by atoms with E-state index in [1.165, 1.54) is 5.56 Å². The summed E-state index contributed by atoms with van der Waals surface area (Å²) in [6.45, 7) is 7.49. The minimum Gasteiger partial charge on any atom is -0.372 e. The minimum absolute atomic E-state index is 0.0277. The van der Waals surface area contributed by atoms with Gasteiger partial charge in [0.1, 0.15) is 0 Å². The van der Waals surface area contributed by atoms with Crippen molar-refractivity contribution in [3.63, 3.8) is 0 Å². The van der Waals surface area contributed by atoms with E-state index in [0.29, 0.717) is 13.1 Å². The molecular weight excluding hydrogens is 238 g/mol. The standard InChI is InChI=1S/C16H23NO2/c1-12(9-15-7-5-4-6-8-15)16(18)17-10-13(2)19-14(3)11-17/h4-8,12-14H,9-11H2,1-3H3/t12?,13-,14-/m0/s1. The molecular formula is C16H23NO2. The average Bonchev–Trinajstić information content (AvgIpc) is 2.37. The van der Waals surface area contributed by atoms with Gasteiger partial charge in [0.15, 0.2) is 0 Å². The second kappa shape index (κ2) is 6.20. The SMILES string of the molecule is CC(Cc1ccccc1)C(=O)N1C[C@H](C)O[C@@H](C)C1. The maximum Gasteiger partial charge on any atom is 0.225 e. The van der Waals surface area contributed by atoms with Gasteiger partial charge in [-0.3, -0.25) is 4.79 Å². The summed E-state index contributed by atoms with van der Waals surface area (Å²) < 4.78 is 5.67. The number of nitrogens with zero attached hydrogens (tertiary/aromatic N) is 1. The lowest BCUT2D eigenvalue weighted by Gasteiger charge is -2.36. The van der Waals surface area contributed by atoms with Gasteiger partial charge < -0.3 is 9.64 Å². The van der Waals surface area contributed by atoms with Crippen LogP contribution < -0.4 is 0 Å². The van der Waals surface area contributed by atoms with Gasteiger partial charge in [-0.25, -0.2) is 0 Å². The van der Waals surface area contributed by atoms with Gasteiger partial charge in [0.2, 0.25) is 5.91 Å². The summed E-state index contributed by atoms with van der Waals surface area (Å²) in [7, 11) is 0. The van der Waals surface area contributed by atoms with Gasteiger partial charge in [-0.15, -0.1) is 0 Å². The zero-order chi connectivity index (χ0) is 13.8. The molecule has 1 fully saturated rings. The number of rotatable bonds is 3. The van der Waals surface area contributed by atoms with E-state index in [1.54, 1.807) is 0 Å². The largest absolute Gasteiger partial charge is 0.372 e. The highest BCUT2D eigenvalue weighted by atomic mass is 16.5. The van der Waals surface area contributed by atoms with E-state index in [0.717, 1.165) is 6.42 Å². The van der Waals surface area contributed by atoms with E-state index in [-0.39, 0.29) is 24.0 Å². The monoisotopic (exact) mass is 261 g/mol. The Hall–Kier alpha value is -1.35. The molecule has 19 heavy (non-hydrogen) atoms. The van der Waals surface area contributed by atoms with Gasteiger partial charge in [0.25, 0.3) is 0 Å². The summed E-state index contributed by atoms with van der Waals surface area (Å²) in [5.74, 6) is 0.269. The van der Waals surface area contributed by atoms with Crippen molar-refractivity contribution in [1.29, 1.82) is 0 Å². The molecule has 3 atom stereocenters. The molecule has 1 aromatic rings. The summed E-state index contributed by atoms with van der Waals surface area (Å²) >= 11 is 0. The number of carbonyl (C=O) groups is 1. The zero-order valence-corrected chi connectivity index (χ0v) is 12.0. The molecule has 0 spiro atoms. The molecule has 2 rings (SSSR count). The molecule has 1 unspecified atom stereocenters. The Kier molecular flexibility index (Phi) is 4.59. The Morgan fingerprint density at radius 3 is 2.42 bits per heavy atom. The second-order valence-electron chi connectivity index (χ2n) is 5.59. The second-order valence-corrected chi connectivity index (χ2v) is 5.59. The molecule has 0 N–H and O–H groups in total. The van der Waals surface area contributed by atoms with Crippen molar-refractivity contribution in [2.75, 3.05) is 13.1 Å². The van der Waals surface area contributed by atoms with Crippen molar-refractivity contribution in [3.05, 3.63) is 35.9 Å². The molecule has 1 aromatic carbocycles. The lowest BCUT2D eigenvalue weighted by Crippen LogP contribution is -2.50. The van der Waals surface area contributed by atoms with Crippen LogP contribution in [-0.2, 0) is 16.0 Å². The summed E-state index contributed by atoms with van der Waals surface area (Å²) in [6, 6.07) is 10.2. The van der Waals surface area contributed by atoms with E-state index in [9.17, 15) is 4.79 Å². The van der Waals surface area contributed by atoms with E-state index in [4.69, 9.17) is 4.74 Å². The van der Waals surface area contributed by atoms with Crippen LogP contribution in [0.15, 0.2) is 30.3 Å². The van der Waals surface area contributed by atoms with E-state index >= 15 is 0 Å². The van der Waals surface area contributed by atoms with Crippen LogP contribution in [0.5, 0.6) is 0 Å². The fourth-order valence-electron chi connectivity index (χ4n) is 2.72. The van der Waals surface area contributed by atoms with E-state index in [1.807, 2.05) is 43.9 Å². The summed E-state index contributed by atoms with van der Waals surface area (Å²) in [5, 5.41) is 0. The average molecular weight is 261 g/mol. The van der Waals surface area contributed by atoms with Gasteiger partial charge in [0.05, 0.1) is 12.2 Å². The first-order valence-electron chi connectivity index (χ1n) is 7.04. The van der Waals surface area contributed by atoms with Crippen LogP contribution in [0.25, 0.3) is 0 Å². The molecule has 1 saturated heterocycles. The lowest BCUT2D eigenvalue weighted by molar-refractivity contribution is -0.146. The third kappa shape index (κ3) is 3.80. The lowest BCUT2D eigenvalue weighted by atomic mass is 9.99. The molecule has 0 radical (unpaired) electrons. The predicted molar refractivity (Wildman–Crippen MR) is 75.9 cm³/mol. The van der Waals surface area contributed by atoms with Gasteiger partial charge in [-0.1, -0.05) is 37.3 Å². The predicted octanol–water partition coefficient (Wildman–Crippen LogP) is 2.50. The minimum atomic E-state index is 0.0277. The molecule has 3 nitrogen and oxygen atoms in total. The van der Waals surface area contributed by atoms with Gasteiger partial charge in [0, 0.05) is 19.0 Å². The first kappa shape index (κ1) is 14.1. The number of carbonyl (C=O) groups excluding carboxylic acids is 1. The number of ether oxygens (including phenoxy) is 1. The third-order valence-electron chi connectivity index (χ3n) is 3.54. The van der Waals surface area contributed by atoms with Crippen molar-refractivity contribution in [3.8, 4) is 0 Å². The molecule has 104 valence electrons. The highest BCUT2D eigenvalue weighted by Gasteiger charge is 2.28. The highest BCUT2D eigenvalue weighted by Crippen LogP contribution is 2.16. The first-order chi connectivity index (χ1) is 9.06. The van der Waals surface area contributed by atoms with Crippen LogP contribution in [0, 0.1) is 5.92 Å². The van der Waals surface area contributed by atoms with Crippen LogP contribution in [-0.4, -0.2) is 36.1 Å². The van der Waals surface area contributed by atoms with Crippen molar-refractivity contribution in [2.24, 2.45) is 5.92 Å². The number of amides is 1.